The summed E-state index contributed by atoms with van der Waals surface area (Å²) in [6.45, 7) is 10.5. The predicted octanol–water partition coefficient (Wildman–Crippen LogP) is 2.21. The molecule has 0 bridgehead atoms. The number of aromatic nitrogens is 3. The number of fused-ring (bicyclic) bond motifs is 1. The third-order valence-corrected chi connectivity index (χ3v) is 5.21. The molecule has 0 spiro atoms. The average Bonchev–Trinajstić information content (AvgIpc) is 2.94. The fraction of sp³-hybridized carbons (Fsp3) is 0.571. The zero-order chi connectivity index (χ0) is 19.2. The van der Waals surface area contributed by atoms with Crippen molar-refractivity contribution in [1.82, 2.24) is 25.0 Å². The highest BCUT2D eigenvalue weighted by Crippen LogP contribution is 2.13. The van der Waals surface area contributed by atoms with Crippen molar-refractivity contribution in [3.05, 3.63) is 47.0 Å². The lowest BCUT2D eigenvalue weighted by Crippen LogP contribution is -2.30. The van der Waals surface area contributed by atoms with Gasteiger partial charge in [-0.05, 0) is 17.5 Å². The number of nitrogens with zero attached hydrogens (tertiary/aromatic N) is 4. The Labute approximate surface area is 162 Å². The molecule has 146 valence electrons. The lowest BCUT2D eigenvalue weighted by atomic mass is 10.1. The normalized spacial score (nSPS) is 14.8. The van der Waals surface area contributed by atoms with Gasteiger partial charge in [0.25, 0.3) is 0 Å². The van der Waals surface area contributed by atoms with Crippen LogP contribution in [0.5, 0.6) is 0 Å². The Hall–Kier alpha value is -2.21. The molecule has 0 fully saturated rings. The van der Waals surface area contributed by atoms with Crippen molar-refractivity contribution in [3.63, 3.8) is 0 Å². The van der Waals surface area contributed by atoms with Crippen LogP contribution >= 0.6 is 0 Å². The van der Waals surface area contributed by atoms with E-state index < -0.39 is 0 Å². The first kappa shape index (κ1) is 19.5. The van der Waals surface area contributed by atoms with E-state index in [1.807, 2.05) is 13.8 Å². The predicted molar refractivity (Wildman–Crippen MR) is 106 cm³/mol. The van der Waals surface area contributed by atoms with Gasteiger partial charge in [0.1, 0.15) is 11.6 Å². The molecular formula is C21H31N5O. The van der Waals surface area contributed by atoms with Crippen LogP contribution in [-0.4, -0.2) is 45.2 Å². The van der Waals surface area contributed by atoms with Crippen LogP contribution in [0.25, 0.3) is 0 Å². The van der Waals surface area contributed by atoms with E-state index in [9.17, 15) is 4.79 Å². The van der Waals surface area contributed by atoms with Crippen molar-refractivity contribution in [2.45, 2.75) is 53.1 Å². The van der Waals surface area contributed by atoms with Crippen LogP contribution in [0.4, 0.5) is 0 Å². The van der Waals surface area contributed by atoms with Crippen molar-refractivity contribution in [1.29, 1.82) is 0 Å². The van der Waals surface area contributed by atoms with Crippen LogP contribution in [0.2, 0.25) is 0 Å². The molecule has 1 N–H and O–H groups in total. The molecule has 0 radical (unpaired) electrons. The second-order valence-electron chi connectivity index (χ2n) is 7.58. The Morgan fingerprint density at radius 3 is 2.56 bits per heavy atom. The molecule has 3 rings (SSSR count). The molecule has 0 unspecified atom stereocenters. The molecule has 0 aliphatic carbocycles. The Kier molecular flexibility index (Phi) is 6.61. The zero-order valence-electron chi connectivity index (χ0n) is 16.7. The van der Waals surface area contributed by atoms with Gasteiger partial charge >= 0.3 is 0 Å². The fourth-order valence-electron chi connectivity index (χ4n) is 3.41. The maximum absolute atomic E-state index is 11.7. The SMILES string of the molecule is CCc1ccc(CN2CCc3nnc(CCNC(=O)C(C)C)n3CC2)cc1. The third-order valence-electron chi connectivity index (χ3n) is 5.21. The van der Waals surface area contributed by atoms with Gasteiger partial charge in [-0.3, -0.25) is 9.69 Å². The summed E-state index contributed by atoms with van der Waals surface area (Å²) < 4.78 is 2.24. The van der Waals surface area contributed by atoms with Gasteiger partial charge < -0.3 is 9.88 Å². The fourth-order valence-corrected chi connectivity index (χ4v) is 3.41. The van der Waals surface area contributed by atoms with Crippen molar-refractivity contribution in [2.24, 2.45) is 5.92 Å². The molecular weight excluding hydrogens is 338 g/mol. The lowest BCUT2D eigenvalue weighted by Gasteiger charge is -2.19. The second kappa shape index (κ2) is 9.13. The summed E-state index contributed by atoms with van der Waals surface area (Å²) in [5.41, 5.74) is 2.75. The quantitative estimate of drug-likeness (QED) is 0.813. The zero-order valence-corrected chi connectivity index (χ0v) is 16.7. The maximum atomic E-state index is 11.7. The summed E-state index contributed by atoms with van der Waals surface area (Å²) in [4.78, 5) is 14.2. The number of aryl methyl sites for hydroxylation is 1. The van der Waals surface area contributed by atoms with Crippen molar-refractivity contribution < 1.29 is 4.79 Å². The van der Waals surface area contributed by atoms with Gasteiger partial charge in [-0.15, -0.1) is 10.2 Å². The molecule has 1 aromatic heterocycles. The third kappa shape index (κ3) is 5.16. The maximum Gasteiger partial charge on any atom is 0.222 e. The largest absolute Gasteiger partial charge is 0.355 e. The number of hydrogen-bond acceptors (Lipinski definition) is 4. The van der Waals surface area contributed by atoms with Crippen LogP contribution < -0.4 is 5.32 Å². The summed E-state index contributed by atoms with van der Waals surface area (Å²) in [5.74, 6) is 2.14. The molecule has 2 heterocycles. The number of benzene rings is 1. The Balaban J connectivity index is 1.54. The summed E-state index contributed by atoms with van der Waals surface area (Å²) >= 11 is 0. The molecule has 0 atom stereocenters. The molecule has 1 amide bonds. The van der Waals surface area contributed by atoms with Gasteiger partial charge in [-0.25, -0.2) is 0 Å². The highest BCUT2D eigenvalue weighted by molar-refractivity contribution is 5.77. The van der Waals surface area contributed by atoms with E-state index in [1.54, 1.807) is 0 Å². The van der Waals surface area contributed by atoms with Gasteiger partial charge in [0, 0.05) is 51.5 Å². The van der Waals surface area contributed by atoms with E-state index in [4.69, 9.17) is 0 Å². The molecule has 2 aromatic rings. The first-order valence-electron chi connectivity index (χ1n) is 10.1. The number of carbonyl (C=O) groups excluding carboxylic acids is 1. The molecule has 1 aliphatic rings. The van der Waals surface area contributed by atoms with Gasteiger partial charge in [0.15, 0.2) is 0 Å². The minimum Gasteiger partial charge on any atom is -0.355 e. The highest BCUT2D eigenvalue weighted by Gasteiger charge is 2.19. The monoisotopic (exact) mass is 369 g/mol. The lowest BCUT2D eigenvalue weighted by molar-refractivity contribution is -0.123. The van der Waals surface area contributed by atoms with Crippen molar-refractivity contribution in [3.8, 4) is 0 Å². The molecule has 0 saturated carbocycles. The highest BCUT2D eigenvalue weighted by atomic mass is 16.1. The number of rotatable bonds is 7. The van der Waals surface area contributed by atoms with E-state index in [1.165, 1.54) is 11.1 Å². The van der Waals surface area contributed by atoms with Crippen LogP contribution in [0.3, 0.4) is 0 Å². The number of nitrogens with one attached hydrogen (secondary N) is 1. The number of carbonyl (C=O) groups is 1. The van der Waals surface area contributed by atoms with Gasteiger partial charge in [-0.1, -0.05) is 45.0 Å². The molecule has 0 saturated heterocycles. The Morgan fingerprint density at radius 1 is 1.11 bits per heavy atom. The van der Waals surface area contributed by atoms with Crippen LogP contribution in [0.1, 0.15) is 43.5 Å². The van der Waals surface area contributed by atoms with Gasteiger partial charge in [-0.2, -0.15) is 0 Å². The standard InChI is InChI=1S/C21H31N5O/c1-4-17-5-7-18(8-6-17)15-25-12-10-20-24-23-19(26(20)14-13-25)9-11-22-21(27)16(2)3/h5-8,16H,4,9-15H2,1-3H3,(H,22,27). The van der Waals surface area contributed by atoms with E-state index >= 15 is 0 Å². The minimum atomic E-state index is 0.0143. The Morgan fingerprint density at radius 2 is 1.85 bits per heavy atom. The van der Waals surface area contributed by atoms with E-state index in [2.05, 4.69) is 56.2 Å². The Bertz CT molecular complexity index is 750. The first-order chi connectivity index (χ1) is 13.1. The van der Waals surface area contributed by atoms with E-state index in [-0.39, 0.29) is 11.8 Å². The topological polar surface area (TPSA) is 63.1 Å². The van der Waals surface area contributed by atoms with Crippen molar-refractivity contribution >= 4 is 5.91 Å². The molecule has 1 aliphatic heterocycles. The summed E-state index contributed by atoms with van der Waals surface area (Å²) in [6, 6.07) is 8.94. The summed E-state index contributed by atoms with van der Waals surface area (Å²) in [5, 5.41) is 11.7. The summed E-state index contributed by atoms with van der Waals surface area (Å²) in [7, 11) is 0. The molecule has 27 heavy (non-hydrogen) atoms. The molecule has 1 aromatic carbocycles. The average molecular weight is 370 g/mol. The molecule has 6 heteroatoms. The van der Waals surface area contributed by atoms with Crippen LogP contribution in [0, 0.1) is 5.92 Å². The first-order valence-corrected chi connectivity index (χ1v) is 10.1. The second-order valence-corrected chi connectivity index (χ2v) is 7.58. The smallest absolute Gasteiger partial charge is 0.222 e. The van der Waals surface area contributed by atoms with Gasteiger partial charge in [0.2, 0.25) is 5.91 Å². The number of hydrogen-bond donors (Lipinski definition) is 1. The van der Waals surface area contributed by atoms with Crippen molar-refractivity contribution in [2.75, 3.05) is 19.6 Å². The number of amides is 1. The van der Waals surface area contributed by atoms with Gasteiger partial charge in [0.05, 0.1) is 0 Å². The van der Waals surface area contributed by atoms with Crippen LogP contribution in [-0.2, 0) is 37.1 Å². The minimum absolute atomic E-state index is 0.0143. The summed E-state index contributed by atoms with van der Waals surface area (Å²) in [6.07, 6.45) is 2.72. The van der Waals surface area contributed by atoms with E-state index in [0.717, 1.165) is 57.1 Å². The van der Waals surface area contributed by atoms with Crippen LogP contribution in [0.15, 0.2) is 24.3 Å². The van der Waals surface area contributed by atoms with E-state index in [0.29, 0.717) is 6.54 Å². The molecule has 6 nitrogen and oxygen atoms in total.